The van der Waals surface area contributed by atoms with Crippen molar-refractivity contribution in [1.82, 2.24) is 14.5 Å². The summed E-state index contributed by atoms with van der Waals surface area (Å²) in [7, 11) is 0. The summed E-state index contributed by atoms with van der Waals surface area (Å²) in [4.78, 5) is 9.01. The van der Waals surface area contributed by atoms with E-state index < -0.39 is 0 Å². The Morgan fingerprint density at radius 2 is 2.12 bits per heavy atom. The van der Waals surface area contributed by atoms with Gasteiger partial charge in [-0.15, -0.1) is 0 Å². The number of fused-ring (bicyclic) bond motifs is 3. The Labute approximate surface area is 95.5 Å². The van der Waals surface area contributed by atoms with Gasteiger partial charge in [0.1, 0.15) is 5.82 Å². The van der Waals surface area contributed by atoms with Gasteiger partial charge in [-0.05, 0) is 23.5 Å². The first-order valence-electron chi connectivity index (χ1n) is 5.92. The highest BCUT2D eigenvalue weighted by Gasteiger charge is 2.24. The van der Waals surface area contributed by atoms with Crippen LogP contribution in [-0.2, 0) is 18.4 Å². The van der Waals surface area contributed by atoms with Crippen molar-refractivity contribution in [3.8, 4) is 0 Å². The van der Waals surface area contributed by atoms with Crippen molar-refractivity contribution in [3.05, 3.63) is 23.7 Å². The molecule has 0 spiro atoms. The number of aryl methyl sites for hydroxylation is 2. The fourth-order valence-electron chi connectivity index (χ4n) is 2.53. The number of hydrogen-bond donors (Lipinski definition) is 0. The molecule has 3 heterocycles. The summed E-state index contributed by atoms with van der Waals surface area (Å²) in [5, 5.41) is 0. The summed E-state index contributed by atoms with van der Waals surface area (Å²) in [6, 6.07) is 2.13. The van der Waals surface area contributed by atoms with Gasteiger partial charge in [0.25, 0.3) is 0 Å². The van der Waals surface area contributed by atoms with Crippen molar-refractivity contribution in [2.45, 2.75) is 45.6 Å². The molecule has 0 atom stereocenters. The molecule has 2 aromatic heterocycles. The lowest BCUT2D eigenvalue weighted by atomic mass is 9.87. The Bertz CT molecular complexity index is 546. The smallest absolute Gasteiger partial charge is 0.178 e. The van der Waals surface area contributed by atoms with Gasteiger partial charge in [-0.25, -0.2) is 9.97 Å². The molecule has 0 unspecified atom stereocenters. The summed E-state index contributed by atoms with van der Waals surface area (Å²) < 4.78 is 2.35. The van der Waals surface area contributed by atoms with Gasteiger partial charge in [-0.1, -0.05) is 20.8 Å². The standard InChI is InChI=1S/C13H17N3/c1-13(2,3)9-6-7-14-12-11(9)16-8-4-5-10(16)15-12/h6-7H,4-5,8H2,1-3H3. The van der Waals surface area contributed by atoms with E-state index >= 15 is 0 Å². The summed E-state index contributed by atoms with van der Waals surface area (Å²) in [6.07, 6.45) is 4.20. The lowest BCUT2D eigenvalue weighted by Crippen LogP contribution is -2.13. The van der Waals surface area contributed by atoms with Crippen molar-refractivity contribution in [2.75, 3.05) is 0 Å². The van der Waals surface area contributed by atoms with Crippen LogP contribution in [0.25, 0.3) is 11.2 Å². The number of hydrogen-bond acceptors (Lipinski definition) is 2. The van der Waals surface area contributed by atoms with E-state index in [4.69, 9.17) is 0 Å². The van der Waals surface area contributed by atoms with Crippen LogP contribution in [0, 0.1) is 0 Å². The molecule has 16 heavy (non-hydrogen) atoms. The van der Waals surface area contributed by atoms with Crippen molar-refractivity contribution in [1.29, 1.82) is 0 Å². The number of pyridine rings is 1. The van der Waals surface area contributed by atoms with Crippen LogP contribution in [-0.4, -0.2) is 14.5 Å². The maximum atomic E-state index is 4.62. The van der Waals surface area contributed by atoms with E-state index in [1.54, 1.807) is 0 Å². The molecule has 0 bridgehead atoms. The summed E-state index contributed by atoms with van der Waals surface area (Å²) in [6.45, 7) is 7.84. The molecule has 2 aromatic rings. The average molecular weight is 215 g/mol. The van der Waals surface area contributed by atoms with E-state index in [0.29, 0.717) is 0 Å². The molecule has 0 aromatic carbocycles. The van der Waals surface area contributed by atoms with Gasteiger partial charge in [0.05, 0.1) is 5.52 Å². The first kappa shape index (κ1) is 9.82. The first-order valence-corrected chi connectivity index (χ1v) is 5.92. The molecule has 3 rings (SSSR count). The minimum absolute atomic E-state index is 0.153. The third-order valence-corrected chi connectivity index (χ3v) is 3.31. The monoisotopic (exact) mass is 215 g/mol. The highest BCUT2D eigenvalue weighted by atomic mass is 15.1. The summed E-state index contributed by atoms with van der Waals surface area (Å²) in [5.74, 6) is 1.21. The molecule has 1 aliphatic rings. The first-order chi connectivity index (χ1) is 7.57. The molecule has 3 heteroatoms. The van der Waals surface area contributed by atoms with Crippen LogP contribution in [0.4, 0.5) is 0 Å². The summed E-state index contributed by atoms with van der Waals surface area (Å²) >= 11 is 0. The normalized spacial score (nSPS) is 15.7. The second-order valence-electron chi connectivity index (χ2n) is 5.56. The molecule has 0 radical (unpaired) electrons. The van der Waals surface area contributed by atoms with E-state index in [0.717, 1.165) is 18.6 Å². The quantitative estimate of drug-likeness (QED) is 0.676. The Kier molecular flexibility index (Phi) is 1.88. The second-order valence-corrected chi connectivity index (χ2v) is 5.56. The van der Waals surface area contributed by atoms with Crippen LogP contribution in [0.2, 0.25) is 0 Å². The molecule has 0 N–H and O–H groups in total. The fourth-order valence-corrected chi connectivity index (χ4v) is 2.53. The van der Waals surface area contributed by atoms with Crippen LogP contribution < -0.4 is 0 Å². The van der Waals surface area contributed by atoms with E-state index in [-0.39, 0.29) is 5.41 Å². The molecule has 0 fully saturated rings. The van der Waals surface area contributed by atoms with Gasteiger partial charge in [0.15, 0.2) is 5.65 Å². The van der Waals surface area contributed by atoms with E-state index in [9.17, 15) is 0 Å². The minimum atomic E-state index is 0.153. The fraction of sp³-hybridized carbons (Fsp3) is 0.538. The highest BCUT2D eigenvalue weighted by Crippen LogP contribution is 2.31. The predicted octanol–water partition coefficient (Wildman–Crippen LogP) is 2.68. The largest absolute Gasteiger partial charge is 0.326 e. The number of aromatic nitrogens is 3. The van der Waals surface area contributed by atoms with Crippen LogP contribution in [0.1, 0.15) is 38.6 Å². The molecule has 0 amide bonds. The summed E-state index contributed by atoms with van der Waals surface area (Å²) in [5.41, 5.74) is 3.68. The number of rotatable bonds is 0. The maximum absolute atomic E-state index is 4.62. The zero-order chi connectivity index (χ0) is 11.3. The van der Waals surface area contributed by atoms with Gasteiger partial charge in [0.2, 0.25) is 0 Å². The van der Waals surface area contributed by atoms with Gasteiger partial charge in [-0.3, -0.25) is 0 Å². The molecule has 0 saturated heterocycles. The third kappa shape index (κ3) is 1.27. The van der Waals surface area contributed by atoms with Gasteiger partial charge < -0.3 is 4.57 Å². The van der Waals surface area contributed by atoms with Crippen molar-refractivity contribution in [3.63, 3.8) is 0 Å². The lowest BCUT2D eigenvalue weighted by molar-refractivity contribution is 0.590. The molecule has 84 valence electrons. The Hall–Kier alpha value is -1.38. The molecular formula is C13H17N3. The van der Waals surface area contributed by atoms with Crippen LogP contribution in [0.3, 0.4) is 0 Å². The molecule has 0 saturated carbocycles. The number of imidazole rings is 1. The van der Waals surface area contributed by atoms with E-state index in [1.165, 1.54) is 23.3 Å². The van der Waals surface area contributed by atoms with E-state index in [1.807, 2.05) is 6.20 Å². The van der Waals surface area contributed by atoms with Crippen LogP contribution >= 0.6 is 0 Å². The zero-order valence-electron chi connectivity index (χ0n) is 10.1. The minimum Gasteiger partial charge on any atom is -0.326 e. The van der Waals surface area contributed by atoms with Crippen LogP contribution in [0.15, 0.2) is 12.3 Å². The third-order valence-electron chi connectivity index (χ3n) is 3.31. The Morgan fingerprint density at radius 1 is 1.31 bits per heavy atom. The molecule has 1 aliphatic heterocycles. The van der Waals surface area contributed by atoms with Gasteiger partial charge >= 0.3 is 0 Å². The Morgan fingerprint density at radius 3 is 2.88 bits per heavy atom. The molecule has 3 nitrogen and oxygen atoms in total. The Balaban J connectivity index is 2.37. The van der Waals surface area contributed by atoms with Gasteiger partial charge in [-0.2, -0.15) is 0 Å². The number of nitrogens with zero attached hydrogens (tertiary/aromatic N) is 3. The SMILES string of the molecule is CC(C)(C)c1ccnc2nc3n(c12)CCC3. The average Bonchev–Trinajstić information content (AvgIpc) is 2.73. The predicted molar refractivity (Wildman–Crippen MR) is 64.5 cm³/mol. The van der Waals surface area contributed by atoms with Crippen molar-refractivity contribution < 1.29 is 0 Å². The maximum Gasteiger partial charge on any atom is 0.178 e. The lowest BCUT2D eigenvalue weighted by Gasteiger charge is -2.20. The zero-order valence-corrected chi connectivity index (χ0v) is 10.1. The van der Waals surface area contributed by atoms with Crippen molar-refractivity contribution >= 4 is 11.2 Å². The molecular weight excluding hydrogens is 198 g/mol. The molecule has 0 aliphatic carbocycles. The van der Waals surface area contributed by atoms with Crippen molar-refractivity contribution in [2.24, 2.45) is 0 Å². The van der Waals surface area contributed by atoms with Crippen LogP contribution in [0.5, 0.6) is 0 Å². The topological polar surface area (TPSA) is 30.7 Å². The van der Waals surface area contributed by atoms with Gasteiger partial charge in [0, 0.05) is 19.2 Å². The second kappa shape index (κ2) is 3.06. The highest BCUT2D eigenvalue weighted by molar-refractivity contribution is 5.77. The van der Waals surface area contributed by atoms with E-state index in [2.05, 4.69) is 41.4 Å².